The lowest BCUT2D eigenvalue weighted by Gasteiger charge is -2.17. The minimum absolute atomic E-state index is 0.0508. The Balaban J connectivity index is 1.80. The molecular weight excluding hydrogens is 358 g/mol. The lowest BCUT2D eigenvalue weighted by atomic mass is 10.1. The molecule has 8 heteroatoms. The zero-order chi connectivity index (χ0) is 20.3. The number of nitriles is 1. The summed E-state index contributed by atoms with van der Waals surface area (Å²) in [6, 6.07) is 9.33. The van der Waals surface area contributed by atoms with Crippen molar-refractivity contribution in [1.29, 1.82) is 5.26 Å². The van der Waals surface area contributed by atoms with E-state index in [1.807, 2.05) is 36.5 Å². The van der Waals surface area contributed by atoms with Gasteiger partial charge in [-0.15, -0.1) is 0 Å². The Labute approximate surface area is 161 Å². The van der Waals surface area contributed by atoms with Crippen LogP contribution in [0.25, 0.3) is 5.69 Å². The lowest BCUT2D eigenvalue weighted by Crippen LogP contribution is -2.28. The minimum Gasteiger partial charge on any atom is -0.497 e. The third kappa shape index (κ3) is 3.64. The highest BCUT2D eigenvalue weighted by Gasteiger charge is 2.18. The SMILES string of the molecule is COc1cccc(-n2cc(CN(C)C(=O)c3c[nH]c(=O)c(C#N)c3C)cn2)c1. The van der Waals surface area contributed by atoms with Gasteiger partial charge in [0.25, 0.3) is 11.5 Å². The van der Waals surface area contributed by atoms with Crippen LogP contribution in [0.2, 0.25) is 0 Å². The van der Waals surface area contributed by atoms with Gasteiger partial charge in [-0.25, -0.2) is 4.68 Å². The molecule has 2 heterocycles. The van der Waals surface area contributed by atoms with Crippen LogP contribution in [0.15, 0.2) is 47.7 Å². The molecule has 0 bridgehead atoms. The average molecular weight is 377 g/mol. The summed E-state index contributed by atoms with van der Waals surface area (Å²) in [5, 5.41) is 13.4. The van der Waals surface area contributed by atoms with E-state index in [0.717, 1.165) is 17.0 Å². The summed E-state index contributed by atoms with van der Waals surface area (Å²) in [5.41, 5.74) is 1.79. The number of aromatic nitrogens is 3. The Kier molecular flexibility index (Phi) is 5.27. The zero-order valence-electron chi connectivity index (χ0n) is 15.8. The first-order chi connectivity index (χ1) is 13.4. The molecule has 0 radical (unpaired) electrons. The number of carbonyl (C=O) groups is 1. The van der Waals surface area contributed by atoms with Gasteiger partial charge in [0.15, 0.2) is 0 Å². The second kappa shape index (κ2) is 7.80. The third-order valence-electron chi connectivity index (χ3n) is 4.42. The number of benzene rings is 1. The first-order valence-electron chi connectivity index (χ1n) is 8.50. The van der Waals surface area contributed by atoms with Gasteiger partial charge in [0.1, 0.15) is 17.4 Å². The smallest absolute Gasteiger partial charge is 0.266 e. The monoisotopic (exact) mass is 377 g/mol. The van der Waals surface area contributed by atoms with Gasteiger partial charge in [-0.2, -0.15) is 10.4 Å². The third-order valence-corrected chi connectivity index (χ3v) is 4.42. The van der Waals surface area contributed by atoms with E-state index in [2.05, 4.69) is 10.1 Å². The van der Waals surface area contributed by atoms with Crippen LogP contribution in [0.5, 0.6) is 5.75 Å². The predicted molar refractivity (Wildman–Crippen MR) is 102 cm³/mol. The summed E-state index contributed by atoms with van der Waals surface area (Å²) in [4.78, 5) is 28.4. The van der Waals surface area contributed by atoms with Gasteiger partial charge in [-0.3, -0.25) is 9.59 Å². The molecule has 0 unspecified atom stereocenters. The molecule has 0 atom stereocenters. The van der Waals surface area contributed by atoms with Crippen molar-refractivity contribution in [3.05, 3.63) is 75.5 Å². The van der Waals surface area contributed by atoms with Gasteiger partial charge in [0, 0.05) is 37.6 Å². The number of amides is 1. The maximum absolute atomic E-state index is 12.8. The molecule has 0 aliphatic heterocycles. The fourth-order valence-corrected chi connectivity index (χ4v) is 2.87. The lowest BCUT2D eigenvalue weighted by molar-refractivity contribution is 0.0784. The van der Waals surface area contributed by atoms with E-state index in [0.29, 0.717) is 17.7 Å². The Bertz CT molecular complexity index is 1120. The highest BCUT2D eigenvalue weighted by molar-refractivity contribution is 5.95. The number of aromatic amines is 1. The quantitative estimate of drug-likeness (QED) is 0.733. The van der Waals surface area contributed by atoms with Crippen molar-refractivity contribution in [2.75, 3.05) is 14.2 Å². The molecule has 1 amide bonds. The fraction of sp³-hybridized carbons (Fsp3) is 0.200. The molecule has 0 aliphatic carbocycles. The Morgan fingerprint density at radius 3 is 2.93 bits per heavy atom. The number of hydrogen-bond donors (Lipinski definition) is 1. The van der Waals surface area contributed by atoms with E-state index in [4.69, 9.17) is 10.00 Å². The Hall–Kier alpha value is -3.86. The van der Waals surface area contributed by atoms with E-state index >= 15 is 0 Å². The minimum atomic E-state index is -0.501. The molecule has 8 nitrogen and oxygen atoms in total. The number of hydrogen-bond acceptors (Lipinski definition) is 5. The van der Waals surface area contributed by atoms with E-state index in [9.17, 15) is 9.59 Å². The normalized spacial score (nSPS) is 10.4. The van der Waals surface area contributed by atoms with Crippen molar-refractivity contribution in [2.24, 2.45) is 0 Å². The van der Waals surface area contributed by atoms with Gasteiger partial charge in [0.2, 0.25) is 0 Å². The molecule has 0 spiro atoms. The van der Waals surface area contributed by atoms with Crippen molar-refractivity contribution in [1.82, 2.24) is 19.7 Å². The average Bonchev–Trinajstić information content (AvgIpc) is 3.16. The maximum Gasteiger partial charge on any atom is 0.266 e. The molecule has 3 rings (SSSR count). The van der Waals surface area contributed by atoms with Crippen molar-refractivity contribution in [3.63, 3.8) is 0 Å². The van der Waals surface area contributed by atoms with Crippen LogP contribution in [0.3, 0.4) is 0 Å². The standard InChI is InChI=1S/C20H19N5O3/c1-13-17(8-21)19(26)22-10-18(13)20(27)24(2)11-14-9-23-25(12-14)15-5-4-6-16(7-15)28-3/h4-7,9-10,12H,11H2,1-3H3,(H,22,26). The van der Waals surface area contributed by atoms with Crippen LogP contribution in [0.4, 0.5) is 0 Å². The van der Waals surface area contributed by atoms with Crippen LogP contribution in [-0.2, 0) is 6.54 Å². The molecule has 28 heavy (non-hydrogen) atoms. The van der Waals surface area contributed by atoms with E-state index in [1.165, 1.54) is 11.1 Å². The van der Waals surface area contributed by atoms with Gasteiger partial charge in [-0.1, -0.05) is 6.07 Å². The molecule has 0 fully saturated rings. The second-order valence-electron chi connectivity index (χ2n) is 6.30. The second-order valence-corrected chi connectivity index (χ2v) is 6.30. The molecule has 142 valence electrons. The molecule has 0 saturated carbocycles. The van der Waals surface area contributed by atoms with Crippen LogP contribution < -0.4 is 10.3 Å². The molecule has 2 aromatic heterocycles. The Morgan fingerprint density at radius 1 is 1.43 bits per heavy atom. The summed E-state index contributed by atoms with van der Waals surface area (Å²) in [6.45, 7) is 1.92. The predicted octanol–water partition coefficient (Wildman–Crippen LogP) is 2.02. The Morgan fingerprint density at radius 2 is 2.21 bits per heavy atom. The molecule has 0 aliphatic rings. The van der Waals surface area contributed by atoms with Crippen LogP contribution in [0.1, 0.15) is 27.0 Å². The summed E-state index contributed by atoms with van der Waals surface area (Å²) < 4.78 is 6.93. The summed E-state index contributed by atoms with van der Waals surface area (Å²) >= 11 is 0. The number of nitrogens with one attached hydrogen (secondary N) is 1. The first kappa shape index (κ1) is 18.9. The largest absolute Gasteiger partial charge is 0.497 e. The van der Waals surface area contributed by atoms with E-state index in [-0.39, 0.29) is 11.5 Å². The van der Waals surface area contributed by atoms with E-state index < -0.39 is 5.56 Å². The number of nitrogens with zero attached hydrogens (tertiary/aromatic N) is 4. The van der Waals surface area contributed by atoms with Crippen LogP contribution in [0, 0.1) is 18.3 Å². The molecule has 1 aromatic carbocycles. The summed E-state index contributed by atoms with van der Waals surface area (Å²) in [7, 11) is 3.26. The van der Waals surface area contributed by atoms with Crippen molar-refractivity contribution < 1.29 is 9.53 Å². The van der Waals surface area contributed by atoms with Crippen molar-refractivity contribution in [3.8, 4) is 17.5 Å². The number of ether oxygens (including phenoxy) is 1. The number of H-pyrrole nitrogens is 1. The summed E-state index contributed by atoms with van der Waals surface area (Å²) in [6.07, 6.45) is 4.86. The number of carbonyl (C=O) groups excluding carboxylic acids is 1. The van der Waals surface area contributed by atoms with Crippen LogP contribution >= 0.6 is 0 Å². The van der Waals surface area contributed by atoms with Gasteiger partial charge in [0.05, 0.1) is 24.6 Å². The van der Waals surface area contributed by atoms with Crippen molar-refractivity contribution >= 4 is 5.91 Å². The zero-order valence-corrected chi connectivity index (χ0v) is 15.8. The molecule has 3 aromatic rings. The fourth-order valence-electron chi connectivity index (χ4n) is 2.87. The topological polar surface area (TPSA) is 104 Å². The number of methoxy groups -OCH3 is 1. The summed E-state index contributed by atoms with van der Waals surface area (Å²) in [5.74, 6) is 0.433. The van der Waals surface area contributed by atoms with Crippen LogP contribution in [-0.4, -0.2) is 39.7 Å². The van der Waals surface area contributed by atoms with E-state index in [1.54, 1.807) is 32.0 Å². The highest BCUT2D eigenvalue weighted by Crippen LogP contribution is 2.17. The van der Waals surface area contributed by atoms with Gasteiger partial charge < -0.3 is 14.6 Å². The van der Waals surface area contributed by atoms with Gasteiger partial charge >= 0.3 is 0 Å². The molecule has 1 N–H and O–H groups in total. The first-order valence-corrected chi connectivity index (χ1v) is 8.50. The molecule has 0 saturated heterocycles. The number of rotatable bonds is 5. The highest BCUT2D eigenvalue weighted by atomic mass is 16.5. The maximum atomic E-state index is 12.8. The van der Waals surface area contributed by atoms with Gasteiger partial charge in [-0.05, 0) is 24.6 Å². The van der Waals surface area contributed by atoms with Crippen molar-refractivity contribution in [2.45, 2.75) is 13.5 Å². The molecular formula is C20H19N5O3. The number of pyridine rings is 1.